The third kappa shape index (κ3) is 3.75. The molecule has 0 spiro atoms. The Kier molecular flexibility index (Phi) is 4.15. The molecule has 0 N–H and O–H groups in total. The molecule has 3 rings (SSSR count). The van der Waals surface area contributed by atoms with Crippen molar-refractivity contribution in [2.45, 2.75) is 46.1 Å². The Balaban J connectivity index is 1.72. The number of nitrogens with zero attached hydrogens (tertiary/aromatic N) is 4. The van der Waals surface area contributed by atoms with Crippen molar-refractivity contribution in [3.05, 3.63) is 36.5 Å². The molecule has 6 heteroatoms. The molecule has 1 saturated carbocycles. The van der Waals surface area contributed by atoms with E-state index in [0.29, 0.717) is 11.7 Å². The van der Waals surface area contributed by atoms with Crippen LogP contribution in [0.15, 0.2) is 30.9 Å². The van der Waals surface area contributed by atoms with Crippen molar-refractivity contribution in [1.82, 2.24) is 19.7 Å². The number of hydrogen-bond acceptors (Lipinski definition) is 5. The second-order valence-electron chi connectivity index (χ2n) is 7.15. The smallest absolute Gasteiger partial charge is 0.358 e. The fourth-order valence-corrected chi connectivity index (χ4v) is 3.53. The first-order valence-corrected chi connectivity index (χ1v) is 7.96. The van der Waals surface area contributed by atoms with Crippen molar-refractivity contribution in [2.24, 2.45) is 11.3 Å². The number of carbonyl (C=O) groups excluding carboxylic acids is 1. The molecule has 1 fully saturated rings. The van der Waals surface area contributed by atoms with Gasteiger partial charge in [0, 0.05) is 12.4 Å². The van der Waals surface area contributed by atoms with E-state index < -0.39 is 5.97 Å². The first-order valence-electron chi connectivity index (χ1n) is 7.96. The van der Waals surface area contributed by atoms with E-state index in [1.165, 1.54) is 6.20 Å². The topological polar surface area (TPSA) is 69.9 Å². The predicted octanol–water partition coefficient (Wildman–Crippen LogP) is 3.03. The Morgan fingerprint density at radius 3 is 2.87 bits per heavy atom. The van der Waals surface area contributed by atoms with Crippen LogP contribution in [0.25, 0.3) is 5.82 Å². The number of rotatable bonds is 3. The monoisotopic (exact) mass is 314 g/mol. The zero-order valence-electron chi connectivity index (χ0n) is 13.8. The van der Waals surface area contributed by atoms with E-state index in [1.807, 2.05) is 0 Å². The van der Waals surface area contributed by atoms with Crippen LogP contribution in [0.3, 0.4) is 0 Å². The Morgan fingerprint density at radius 1 is 1.35 bits per heavy atom. The number of esters is 1. The third-order valence-corrected chi connectivity index (χ3v) is 4.19. The fourth-order valence-electron chi connectivity index (χ4n) is 3.53. The molecule has 0 aromatic carbocycles. The zero-order chi connectivity index (χ0) is 16.4. The SMILES string of the molecule is C[C@@H]1C[C@@H](OC(=O)c2cncc(-n3cccn3)n2)CC(C)(C)C1. The molecular weight excluding hydrogens is 292 g/mol. The second kappa shape index (κ2) is 6.10. The van der Waals surface area contributed by atoms with E-state index in [2.05, 4.69) is 35.8 Å². The van der Waals surface area contributed by atoms with Crippen LogP contribution in [0.4, 0.5) is 0 Å². The maximum absolute atomic E-state index is 12.4. The van der Waals surface area contributed by atoms with Gasteiger partial charge in [-0.25, -0.2) is 14.5 Å². The summed E-state index contributed by atoms with van der Waals surface area (Å²) >= 11 is 0. The van der Waals surface area contributed by atoms with Crippen molar-refractivity contribution in [1.29, 1.82) is 0 Å². The average Bonchev–Trinajstić information content (AvgIpc) is 2.99. The highest BCUT2D eigenvalue weighted by atomic mass is 16.5. The highest BCUT2D eigenvalue weighted by molar-refractivity contribution is 5.87. The molecule has 23 heavy (non-hydrogen) atoms. The molecule has 0 amide bonds. The summed E-state index contributed by atoms with van der Waals surface area (Å²) in [7, 11) is 0. The number of carbonyl (C=O) groups is 1. The molecule has 0 bridgehead atoms. The lowest BCUT2D eigenvalue weighted by Gasteiger charge is -2.38. The van der Waals surface area contributed by atoms with Crippen LogP contribution in [0.2, 0.25) is 0 Å². The predicted molar refractivity (Wildman–Crippen MR) is 85.2 cm³/mol. The number of aromatic nitrogens is 4. The van der Waals surface area contributed by atoms with Crippen LogP contribution in [-0.4, -0.2) is 31.8 Å². The summed E-state index contributed by atoms with van der Waals surface area (Å²) in [6.07, 6.45) is 9.30. The van der Waals surface area contributed by atoms with Crippen molar-refractivity contribution >= 4 is 5.97 Å². The molecule has 0 unspecified atom stereocenters. The highest BCUT2D eigenvalue weighted by Gasteiger charge is 2.34. The minimum absolute atomic E-state index is 0.0589. The first-order chi connectivity index (χ1) is 10.9. The lowest BCUT2D eigenvalue weighted by Crippen LogP contribution is -2.34. The Labute approximate surface area is 135 Å². The molecule has 0 aliphatic heterocycles. The lowest BCUT2D eigenvalue weighted by atomic mass is 9.71. The van der Waals surface area contributed by atoms with Gasteiger partial charge < -0.3 is 4.74 Å². The van der Waals surface area contributed by atoms with Gasteiger partial charge in [0.15, 0.2) is 11.5 Å². The minimum atomic E-state index is -0.415. The third-order valence-electron chi connectivity index (χ3n) is 4.19. The highest BCUT2D eigenvalue weighted by Crippen LogP contribution is 2.39. The molecule has 1 aliphatic rings. The lowest BCUT2D eigenvalue weighted by molar-refractivity contribution is -0.00770. The average molecular weight is 314 g/mol. The van der Waals surface area contributed by atoms with Gasteiger partial charge in [-0.05, 0) is 36.7 Å². The summed E-state index contributed by atoms with van der Waals surface area (Å²) in [4.78, 5) is 20.8. The van der Waals surface area contributed by atoms with Crippen LogP contribution in [0.5, 0.6) is 0 Å². The van der Waals surface area contributed by atoms with Gasteiger partial charge in [-0.2, -0.15) is 5.10 Å². The van der Waals surface area contributed by atoms with Crippen molar-refractivity contribution in [3.8, 4) is 5.82 Å². The Bertz CT molecular complexity index is 682. The standard InChI is InChI=1S/C17H22N4O2/c1-12-7-13(9-17(2,3)8-12)23-16(22)14-10-18-11-15(20-14)21-6-4-5-19-21/h4-6,10-13H,7-9H2,1-3H3/t12-,13-/m1/s1. The summed E-state index contributed by atoms with van der Waals surface area (Å²) in [5, 5.41) is 4.09. The zero-order valence-corrected chi connectivity index (χ0v) is 13.8. The normalized spacial score (nSPS) is 23.4. The molecule has 122 valence electrons. The summed E-state index contributed by atoms with van der Waals surface area (Å²) in [6.45, 7) is 6.66. The second-order valence-corrected chi connectivity index (χ2v) is 7.15. The van der Waals surface area contributed by atoms with Gasteiger partial charge in [-0.3, -0.25) is 4.98 Å². The first kappa shape index (κ1) is 15.6. The van der Waals surface area contributed by atoms with Crippen molar-refractivity contribution < 1.29 is 9.53 Å². The van der Waals surface area contributed by atoms with Crippen LogP contribution in [-0.2, 0) is 4.74 Å². The van der Waals surface area contributed by atoms with Gasteiger partial charge in [-0.15, -0.1) is 0 Å². The maximum Gasteiger partial charge on any atom is 0.358 e. The van der Waals surface area contributed by atoms with Gasteiger partial charge in [0.25, 0.3) is 0 Å². The van der Waals surface area contributed by atoms with Crippen LogP contribution in [0.1, 0.15) is 50.5 Å². The van der Waals surface area contributed by atoms with Crippen LogP contribution < -0.4 is 0 Å². The Morgan fingerprint density at radius 2 is 2.17 bits per heavy atom. The summed E-state index contributed by atoms with van der Waals surface area (Å²) in [5.74, 6) is 0.640. The van der Waals surface area contributed by atoms with Gasteiger partial charge in [0.2, 0.25) is 0 Å². The van der Waals surface area contributed by atoms with E-state index in [0.717, 1.165) is 19.3 Å². The van der Waals surface area contributed by atoms with Gasteiger partial charge in [-0.1, -0.05) is 20.8 Å². The molecule has 2 aromatic heterocycles. The number of ether oxygens (including phenoxy) is 1. The molecule has 2 atom stereocenters. The molecule has 0 radical (unpaired) electrons. The van der Waals surface area contributed by atoms with Gasteiger partial charge in [0.1, 0.15) is 6.10 Å². The molecule has 2 aromatic rings. The summed E-state index contributed by atoms with van der Waals surface area (Å²) < 4.78 is 7.25. The number of hydrogen-bond donors (Lipinski definition) is 0. The van der Waals surface area contributed by atoms with Crippen molar-refractivity contribution in [3.63, 3.8) is 0 Å². The van der Waals surface area contributed by atoms with E-state index in [-0.39, 0.29) is 17.2 Å². The van der Waals surface area contributed by atoms with E-state index in [4.69, 9.17) is 4.74 Å². The summed E-state index contributed by atoms with van der Waals surface area (Å²) in [5.41, 5.74) is 0.416. The maximum atomic E-state index is 12.4. The molecule has 2 heterocycles. The Hall–Kier alpha value is -2.24. The van der Waals surface area contributed by atoms with Gasteiger partial charge in [0.05, 0.1) is 12.4 Å². The fraction of sp³-hybridized carbons (Fsp3) is 0.529. The van der Waals surface area contributed by atoms with Crippen LogP contribution in [0, 0.1) is 11.3 Å². The largest absolute Gasteiger partial charge is 0.458 e. The van der Waals surface area contributed by atoms with Crippen molar-refractivity contribution in [2.75, 3.05) is 0 Å². The molecule has 6 nitrogen and oxygen atoms in total. The van der Waals surface area contributed by atoms with Gasteiger partial charge >= 0.3 is 5.97 Å². The quantitative estimate of drug-likeness (QED) is 0.814. The molecule has 1 aliphatic carbocycles. The van der Waals surface area contributed by atoms with E-state index in [9.17, 15) is 4.79 Å². The summed E-state index contributed by atoms with van der Waals surface area (Å²) in [6, 6.07) is 1.79. The van der Waals surface area contributed by atoms with E-state index >= 15 is 0 Å². The molecule has 0 saturated heterocycles. The molecular formula is C17H22N4O2. The van der Waals surface area contributed by atoms with E-state index in [1.54, 1.807) is 29.3 Å². The minimum Gasteiger partial charge on any atom is -0.458 e. The van der Waals surface area contributed by atoms with Crippen LogP contribution >= 0.6 is 0 Å².